The number of nitrogens with one attached hydrogen (secondary N) is 1. The molecule has 0 bridgehead atoms. The fourth-order valence-corrected chi connectivity index (χ4v) is 3.23. The minimum atomic E-state index is 0.648. The number of benzene rings is 1. The highest BCUT2D eigenvalue weighted by atomic mass is 15.1. The molecule has 0 saturated heterocycles. The van der Waals surface area contributed by atoms with Gasteiger partial charge in [0.2, 0.25) is 0 Å². The van der Waals surface area contributed by atoms with E-state index in [9.17, 15) is 0 Å². The van der Waals surface area contributed by atoms with Gasteiger partial charge in [-0.25, -0.2) is 4.98 Å². The summed E-state index contributed by atoms with van der Waals surface area (Å²) in [5.74, 6) is 2.75. The largest absolute Gasteiger partial charge is 0.330 e. The summed E-state index contributed by atoms with van der Waals surface area (Å²) >= 11 is 0. The normalized spacial score (nSPS) is 27.2. The molecule has 0 amide bonds. The summed E-state index contributed by atoms with van der Waals surface area (Å²) in [5.41, 5.74) is 2.31. The lowest BCUT2D eigenvalue weighted by Crippen LogP contribution is -2.32. The average molecular weight is 257 g/mol. The van der Waals surface area contributed by atoms with Crippen molar-refractivity contribution in [3.63, 3.8) is 0 Å². The standard InChI is InChI=1S/C16H23N3/c1-11-8-9-13(12(11)2)17-10-16-18-14-6-4-5-7-15(14)19(16)3/h4-7,11-13,17H,8-10H2,1-3H3. The number of rotatable bonds is 3. The van der Waals surface area contributed by atoms with Crippen LogP contribution in [-0.2, 0) is 13.6 Å². The van der Waals surface area contributed by atoms with Gasteiger partial charge in [-0.1, -0.05) is 26.0 Å². The van der Waals surface area contributed by atoms with Gasteiger partial charge in [0.05, 0.1) is 17.6 Å². The molecule has 1 aromatic heterocycles. The molecule has 3 rings (SSSR count). The molecular weight excluding hydrogens is 234 g/mol. The van der Waals surface area contributed by atoms with Crippen LogP contribution in [0.5, 0.6) is 0 Å². The van der Waals surface area contributed by atoms with Crippen molar-refractivity contribution in [1.29, 1.82) is 0 Å². The zero-order valence-electron chi connectivity index (χ0n) is 12.1. The van der Waals surface area contributed by atoms with Crippen LogP contribution >= 0.6 is 0 Å². The third kappa shape index (κ3) is 2.27. The molecule has 0 aliphatic heterocycles. The highest BCUT2D eigenvalue weighted by Gasteiger charge is 2.29. The predicted molar refractivity (Wildman–Crippen MR) is 78.9 cm³/mol. The Morgan fingerprint density at radius 3 is 2.74 bits per heavy atom. The number of fused-ring (bicyclic) bond motifs is 1. The first-order valence-corrected chi connectivity index (χ1v) is 7.30. The lowest BCUT2D eigenvalue weighted by Gasteiger charge is -2.19. The Hall–Kier alpha value is -1.35. The van der Waals surface area contributed by atoms with Gasteiger partial charge in [-0.3, -0.25) is 0 Å². The molecular formula is C16H23N3. The van der Waals surface area contributed by atoms with Gasteiger partial charge in [0.1, 0.15) is 5.82 Å². The monoisotopic (exact) mass is 257 g/mol. The molecule has 0 spiro atoms. The molecule has 3 nitrogen and oxygen atoms in total. The molecule has 1 aromatic carbocycles. The van der Waals surface area contributed by atoms with Gasteiger partial charge in [0, 0.05) is 13.1 Å². The van der Waals surface area contributed by atoms with Crippen LogP contribution in [0.15, 0.2) is 24.3 Å². The van der Waals surface area contributed by atoms with Crippen molar-refractivity contribution in [2.75, 3.05) is 0 Å². The maximum absolute atomic E-state index is 4.72. The van der Waals surface area contributed by atoms with E-state index in [0.29, 0.717) is 6.04 Å². The lowest BCUT2D eigenvalue weighted by molar-refractivity contribution is 0.366. The van der Waals surface area contributed by atoms with Crippen LogP contribution < -0.4 is 5.32 Å². The Morgan fingerprint density at radius 2 is 2.05 bits per heavy atom. The summed E-state index contributed by atoms with van der Waals surface area (Å²) < 4.78 is 2.20. The summed E-state index contributed by atoms with van der Waals surface area (Å²) in [6.07, 6.45) is 2.65. The maximum atomic E-state index is 4.72. The van der Waals surface area contributed by atoms with E-state index in [1.54, 1.807) is 0 Å². The van der Waals surface area contributed by atoms with E-state index in [1.807, 2.05) is 6.07 Å². The van der Waals surface area contributed by atoms with Crippen LogP contribution in [-0.4, -0.2) is 15.6 Å². The fourth-order valence-electron chi connectivity index (χ4n) is 3.23. The zero-order chi connectivity index (χ0) is 13.4. The van der Waals surface area contributed by atoms with Crippen LogP contribution in [0, 0.1) is 11.8 Å². The van der Waals surface area contributed by atoms with E-state index >= 15 is 0 Å². The van der Waals surface area contributed by atoms with Crippen molar-refractivity contribution in [3.8, 4) is 0 Å². The second-order valence-electron chi connectivity index (χ2n) is 5.98. The Kier molecular flexibility index (Phi) is 3.31. The fraction of sp³-hybridized carbons (Fsp3) is 0.562. The third-order valence-corrected chi connectivity index (χ3v) is 4.87. The molecule has 1 N–H and O–H groups in total. The highest BCUT2D eigenvalue weighted by molar-refractivity contribution is 5.75. The first kappa shape index (κ1) is 12.7. The maximum Gasteiger partial charge on any atom is 0.123 e. The van der Waals surface area contributed by atoms with Gasteiger partial charge < -0.3 is 9.88 Å². The quantitative estimate of drug-likeness (QED) is 0.915. The van der Waals surface area contributed by atoms with Crippen LogP contribution in [0.4, 0.5) is 0 Å². The predicted octanol–water partition coefficient (Wildman–Crippen LogP) is 3.10. The summed E-state index contributed by atoms with van der Waals surface area (Å²) in [7, 11) is 2.10. The van der Waals surface area contributed by atoms with E-state index in [4.69, 9.17) is 4.98 Å². The second kappa shape index (κ2) is 4.97. The van der Waals surface area contributed by atoms with Gasteiger partial charge in [0.25, 0.3) is 0 Å². The Morgan fingerprint density at radius 1 is 1.26 bits per heavy atom. The SMILES string of the molecule is CC1CCC(NCc2nc3ccccc3n2C)C1C. The van der Waals surface area contributed by atoms with Crippen molar-refractivity contribution in [2.45, 2.75) is 39.3 Å². The zero-order valence-corrected chi connectivity index (χ0v) is 12.1. The van der Waals surface area contributed by atoms with E-state index < -0.39 is 0 Å². The van der Waals surface area contributed by atoms with E-state index in [1.165, 1.54) is 18.4 Å². The van der Waals surface area contributed by atoms with E-state index in [0.717, 1.165) is 29.7 Å². The van der Waals surface area contributed by atoms with Crippen LogP contribution in [0.3, 0.4) is 0 Å². The minimum absolute atomic E-state index is 0.648. The summed E-state index contributed by atoms with van der Waals surface area (Å²) in [6, 6.07) is 8.98. The van der Waals surface area contributed by atoms with Crippen molar-refractivity contribution < 1.29 is 0 Å². The third-order valence-electron chi connectivity index (χ3n) is 4.87. The summed E-state index contributed by atoms with van der Waals surface area (Å²) in [6.45, 7) is 5.60. The number of hydrogen-bond donors (Lipinski definition) is 1. The van der Waals surface area contributed by atoms with E-state index in [-0.39, 0.29) is 0 Å². The topological polar surface area (TPSA) is 29.9 Å². The number of imidazole rings is 1. The first-order chi connectivity index (χ1) is 9.16. The highest BCUT2D eigenvalue weighted by Crippen LogP contribution is 2.31. The molecule has 3 unspecified atom stereocenters. The smallest absolute Gasteiger partial charge is 0.123 e. The van der Waals surface area contributed by atoms with Gasteiger partial charge in [-0.05, 0) is 36.8 Å². The number of nitrogens with zero attached hydrogens (tertiary/aromatic N) is 2. The van der Waals surface area contributed by atoms with Gasteiger partial charge in [-0.15, -0.1) is 0 Å². The number of aromatic nitrogens is 2. The number of aryl methyl sites for hydroxylation is 1. The molecule has 1 saturated carbocycles. The van der Waals surface area contributed by atoms with Crippen LogP contribution in [0.25, 0.3) is 11.0 Å². The van der Waals surface area contributed by atoms with Crippen molar-refractivity contribution >= 4 is 11.0 Å². The molecule has 1 fully saturated rings. The van der Waals surface area contributed by atoms with Gasteiger partial charge in [0.15, 0.2) is 0 Å². The van der Waals surface area contributed by atoms with Crippen LogP contribution in [0.1, 0.15) is 32.5 Å². The lowest BCUT2D eigenvalue weighted by atomic mass is 9.98. The summed E-state index contributed by atoms with van der Waals surface area (Å²) in [4.78, 5) is 4.72. The summed E-state index contributed by atoms with van der Waals surface area (Å²) in [5, 5.41) is 3.70. The van der Waals surface area contributed by atoms with Crippen molar-refractivity contribution in [2.24, 2.45) is 18.9 Å². The minimum Gasteiger partial charge on any atom is -0.330 e. The van der Waals surface area contributed by atoms with Gasteiger partial charge in [-0.2, -0.15) is 0 Å². The Bertz CT molecular complexity index is 572. The molecule has 0 radical (unpaired) electrons. The number of para-hydroxylation sites is 2. The Labute approximate surface area is 115 Å². The molecule has 1 aliphatic carbocycles. The molecule has 3 atom stereocenters. The average Bonchev–Trinajstić information content (AvgIpc) is 2.91. The number of hydrogen-bond acceptors (Lipinski definition) is 2. The molecule has 2 aromatic rings. The molecule has 102 valence electrons. The first-order valence-electron chi connectivity index (χ1n) is 7.30. The van der Waals surface area contributed by atoms with Crippen molar-refractivity contribution in [3.05, 3.63) is 30.1 Å². The van der Waals surface area contributed by atoms with Crippen LogP contribution in [0.2, 0.25) is 0 Å². The Balaban J connectivity index is 1.74. The second-order valence-corrected chi connectivity index (χ2v) is 5.98. The molecule has 3 heteroatoms. The molecule has 1 aliphatic rings. The molecule has 1 heterocycles. The van der Waals surface area contributed by atoms with Crippen molar-refractivity contribution in [1.82, 2.24) is 14.9 Å². The van der Waals surface area contributed by atoms with E-state index in [2.05, 4.69) is 49.0 Å². The van der Waals surface area contributed by atoms with Gasteiger partial charge >= 0.3 is 0 Å². The molecule has 19 heavy (non-hydrogen) atoms.